The monoisotopic (exact) mass is 273 g/mol. The standard InChI is InChI=1S/C13H15N5S/c1-8-11(9(2)17-18-13(14)19)16-12(15-8)10-6-4-3-5-7-10/h3-7H,1-2H3,(H,15,16)(H3,14,18,19)/b17-9+. The van der Waals surface area contributed by atoms with Gasteiger partial charge in [-0.1, -0.05) is 30.3 Å². The van der Waals surface area contributed by atoms with Crippen molar-refractivity contribution in [1.82, 2.24) is 15.4 Å². The number of aromatic nitrogens is 2. The molecule has 0 fully saturated rings. The lowest BCUT2D eigenvalue weighted by Gasteiger charge is -1.99. The van der Waals surface area contributed by atoms with Crippen LogP contribution in [-0.2, 0) is 0 Å². The Bertz CT molecular complexity index is 615. The minimum Gasteiger partial charge on any atom is -0.375 e. The van der Waals surface area contributed by atoms with Crippen molar-refractivity contribution in [2.24, 2.45) is 10.8 Å². The molecular weight excluding hydrogens is 258 g/mol. The highest BCUT2D eigenvalue weighted by molar-refractivity contribution is 7.80. The minimum atomic E-state index is 0.135. The van der Waals surface area contributed by atoms with Crippen LogP contribution < -0.4 is 11.2 Å². The van der Waals surface area contributed by atoms with Crippen LogP contribution in [-0.4, -0.2) is 20.8 Å². The molecule has 0 unspecified atom stereocenters. The maximum absolute atomic E-state index is 5.34. The Kier molecular flexibility index (Phi) is 3.91. The summed E-state index contributed by atoms with van der Waals surface area (Å²) in [5.41, 5.74) is 11.4. The van der Waals surface area contributed by atoms with E-state index < -0.39 is 0 Å². The van der Waals surface area contributed by atoms with Gasteiger partial charge in [0, 0.05) is 11.3 Å². The van der Waals surface area contributed by atoms with E-state index in [4.69, 9.17) is 18.0 Å². The second-order valence-corrected chi connectivity index (χ2v) is 4.54. The molecule has 0 aliphatic carbocycles. The fraction of sp³-hybridized carbons (Fsp3) is 0.154. The van der Waals surface area contributed by atoms with Crippen LogP contribution in [0.2, 0.25) is 0 Å². The van der Waals surface area contributed by atoms with Crippen molar-refractivity contribution in [1.29, 1.82) is 0 Å². The molecule has 0 saturated heterocycles. The number of hydrogen-bond donors (Lipinski definition) is 3. The van der Waals surface area contributed by atoms with Gasteiger partial charge in [-0.25, -0.2) is 4.98 Å². The summed E-state index contributed by atoms with van der Waals surface area (Å²) in [6, 6.07) is 9.92. The van der Waals surface area contributed by atoms with Crippen molar-refractivity contribution in [3.63, 3.8) is 0 Å². The molecule has 0 aliphatic heterocycles. The molecule has 0 bridgehead atoms. The minimum absolute atomic E-state index is 0.135. The largest absolute Gasteiger partial charge is 0.375 e. The van der Waals surface area contributed by atoms with Gasteiger partial charge in [0.2, 0.25) is 0 Å². The summed E-state index contributed by atoms with van der Waals surface area (Å²) in [6.07, 6.45) is 0. The van der Waals surface area contributed by atoms with E-state index in [0.29, 0.717) is 0 Å². The van der Waals surface area contributed by atoms with E-state index in [1.807, 2.05) is 44.2 Å². The molecule has 4 N–H and O–H groups in total. The first-order valence-electron chi connectivity index (χ1n) is 5.80. The summed E-state index contributed by atoms with van der Waals surface area (Å²) in [5.74, 6) is 0.818. The Balaban J connectivity index is 2.32. The second kappa shape index (κ2) is 5.62. The fourth-order valence-electron chi connectivity index (χ4n) is 1.74. The Morgan fingerprint density at radius 2 is 2.05 bits per heavy atom. The number of thiocarbonyl (C=S) groups is 1. The van der Waals surface area contributed by atoms with Crippen LogP contribution in [0.1, 0.15) is 18.3 Å². The van der Waals surface area contributed by atoms with E-state index in [1.54, 1.807) is 0 Å². The highest BCUT2D eigenvalue weighted by Gasteiger charge is 2.10. The topological polar surface area (TPSA) is 79.1 Å². The zero-order valence-corrected chi connectivity index (χ0v) is 11.6. The van der Waals surface area contributed by atoms with Gasteiger partial charge in [0.25, 0.3) is 0 Å². The summed E-state index contributed by atoms with van der Waals surface area (Å²) in [4.78, 5) is 7.79. The van der Waals surface area contributed by atoms with E-state index in [1.165, 1.54) is 0 Å². The van der Waals surface area contributed by atoms with Gasteiger partial charge in [0.15, 0.2) is 5.11 Å². The number of imidazole rings is 1. The lowest BCUT2D eigenvalue weighted by atomic mass is 10.2. The molecule has 0 spiro atoms. The molecule has 1 heterocycles. The normalized spacial score (nSPS) is 11.4. The van der Waals surface area contributed by atoms with Gasteiger partial charge in [0.1, 0.15) is 11.5 Å². The van der Waals surface area contributed by atoms with Gasteiger partial charge < -0.3 is 10.7 Å². The second-order valence-electron chi connectivity index (χ2n) is 4.10. The Morgan fingerprint density at radius 3 is 2.68 bits per heavy atom. The summed E-state index contributed by atoms with van der Waals surface area (Å²) in [5, 5.41) is 4.21. The molecule has 0 atom stereocenters. The van der Waals surface area contributed by atoms with Crippen LogP contribution in [0.25, 0.3) is 11.4 Å². The Labute approximate surface area is 116 Å². The Morgan fingerprint density at radius 1 is 1.37 bits per heavy atom. The van der Waals surface area contributed by atoms with Crippen LogP contribution in [0.5, 0.6) is 0 Å². The predicted molar refractivity (Wildman–Crippen MR) is 80.9 cm³/mol. The number of nitrogens with zero attached hydrogens (tertiary/aromatic N) is 2. The average molecular weight is 273 g/mol. The maximum atomic E-state index is 5.34. The van der Waals surface area contributed by atoms with Crippen molar-refractivity contribution in [2.45, 2.75) is 13.8 Å². The quantitative estimate of drug-likeness (QED) is 0.453. The SMILES string of the molecule is C/C(=N\NC(N)=S)c1nc(-c2ccccc2)[nH]c1C. The van der Waals surface area contributed by atoms with E-state index in [2.05, 4.69) is 20.5 Å². The molecule has 0 amide bonds. The van der Waals surface area contributed by atoms with Crippen molar-refractivity contribution < 1.29 is 0 Å². The molecule has 0 saturated carbocycles. The van der Waals surface area contributed by atoms with E-state index in [0.717, 1.165) is 28.5 Å². The van der Waals surface area contributed by atoms with E-state index in [-0.39, 0.29) is 5.11 Å². The summed E-state index contributed by atoms with van der Waals surface area (Å²) in [7, 11) is 0. The van der Waals surface area contributed by atoms with Gasteiger partial charge in [-0.2, -0.15) is 5.10 Å². The third-order valence-electron chi connectivity index (χ3n) is 2.61. The number of H-pyrrole nitrogens is 1. The third-order valence-corrected chi connectivity index (χ3v) is 2.70. The molecule has 98 valence electrons. The predicted octanol–water partition coefficient (Wildman–Crippen LogP) is 1.94. The molecule has 5 nitrogen and oxygen atoms in total. The number of nitrogens with one attached hydrogen (secondary N) is 2. The maximum Gasteiger partial charge on any atom is 0.184 e. The van der Waals surface area contributed by atoms with Crippen molar-refractivity contribution in [2.75, 3.05) is 0 Å². The smallest absolute Gasteiger partial charge is 0.184 e. The fourth-order valence-corrected chi connectivity index (χ4v) is 1.78. The molecule has 2 aromatic rings. The third kappa shape index (κ3) is 3.17. The highest BCUT2D eigenvalue weighted by Crippen LogP contribution is 2.17. The van der Waals surface area contributed by atoms with Crippen molar-refractivity contribution in [3.05, 3.63) is 41.7 Å². The molecule has 19 heavy (non-hydrogen) atoms. The van der Waals surface area contributed by atoms with Gasteiger partial charge >= 0.3 is 0 Å². The molecule has 6 heteroatoms. The Hall–Kier alpha value is -2.21. The average Bonchev–Trinajstić information content (AvgIpc) is 2.79. The van der Waals surface area contributed by atoms with Crippen LogP contribution in [0.3, 0.4) is 0 Å². The van der Waals surface area contributed by atoms with Crippen molar-refractivity contribution in [3.8, 4) is 11.4 Å². The molecule has 2 rings (SSSR count). The summed E-state index contributed by atoms with van der Waals surface area (Å²) >= 11 is 4.71. The number of aryl methyl sites for hydroxylation is 1. The summed E-state index contributed by atoms with van der Waals surface area (Å²) in [6.45, 7) is 3.80. The van der Waals surface area contributed by atoms with Gasteiger partial charge in [0.05, 0.1) is 5.71 Å². The van der Waals surface area contributed by atoms with Gasteiger partial charge in [-0.15, -0.1) is 0 Å². The molecule has 1 aromatic heterocycles. The molecular formula is C13H15N5S. The van der Waals surface area contributed by atoms with E-state index >= 15 is 0 Å². The van der Waals surface area contributed by atoms with Gasteiger partial charge in [-0.3, -0.25) is 5.43 Å². The van der Waals surface area contributed by atoms with Crippen LogP contribution >= 0.6 is 12.2 Å². The molecule has 0 radical (unpaired) electrons. The number of benzene rings is 1. The van der Waals surface area contributed by atoms with Crippen LogP contribution in [0.4, 0.5) is 0 Å². The van der Waals surface area contributed by atoms with Crippen LogP contribution in [0, 0.1) is 6.92 Å². The first kappa shape index (κ1) is 13.2. The summed E-state index contributed by atoms with van der Waals surface area (Å²) < 4.78 is 0. The van der Waals surface area contributed by atoms with E-state index in [9.17, 15) is 0 Å². The molecule has 0 aliphatic rings. The van der Waals surface area contributed by atoms with Crippen molar-refractivity contribution >= 4 is 23.0 Å². The van der Waals surface area contributed by atoms with Crippen LogP contribution in [0.15, 0.2) is 35.4 Å². The zero-order valence-electron chi connectivity index (χ0n) is 10.8. The first-order chi connectivity index (χ1) is 9.08. The first-order valence-corrected chi connectivity index (χ1v) is 6.21. The number of hydrazone groups is 1. The number of rotatable bonds is 3. The lowest BCUT2D eigenvalue weighted by Crippen LogP contribution is -2.25. The number of aromatic amines is 1. The highest BCUT2D eigenvalue weighted by atomic mass is 32.1. The number of nitrogens with two attached hydrogens (primary N) is 1. The molecule has 1 aromatic carbocycles. The van der Waals surface area contributed by atoms with Gasteiger partial charge in [-0.05, 0) is 26.1 Å². The zero-order chi connectivity index (χ0) is 13.8. The number of hydrogen-bond acceptors (Lipinski definition) is 3. The lowest BCUT2D eigenvalue weighted by molar-refractivity contribution is 1.02.